The molecule has 1 aliphatic heterocycles. The van der Waals surface area contributed by atoms with E-state index in [4.69, 9.17) is 13.9 Å². The molecule has 0 radical (unpaired) electrons. The molecule has 2 amide bonds. The molecule has 184 valence electrons. The molecule has 1 atom stereocenters. The molecule has 1 aromatic heterocycles. The first-order valence-electron chi connectivity index (χ1n) is 12.0. The number of nitrogens with zero attached hydrogens (tertiary/aromatic N) is 2. The molecule has 7 heteroatoms. The van der Waals surface area contributed by atoms with E-state index in [2.05, 4.69) is 0 Å². The molecule has 0 bridgehead atoms. The molecule has 0 fully saturated rings. The lowest BCUT2D eigenvalue weighted by Gasteiger charge is -2.32. The Hall–Kier alpha value is -3.74. The maximum atomic E-state index is 13.6. The monoisotopic (exact) mass is 476 g/mol. The second-order valence-electron chi connectivity index (χ2n) is 8.95. The number of carbonyl (C=O) groups excluding carboxylic acids is 2. The van der Waals surface area contributed by atoms with Gasteiger partial charge in [-0.2, -0.15) is 0 Å². The standard InChI is InChI=1S/C28H32N2O5/c1-4-24(22-9-6-5-7-10-22)28(32)30(20(2)3)18-27(31)29(17-23-11-8-14-33-23)16-21-12-13-25-26(15-21)35-19-34-25/h5-15,20,24H,4,16-19H2,1-3H3. The van der Waals surface area contributed by atoms with Crippen LogP contribution in [0.3, 0.4) is 0 Å². The highest BCUT2D eigenvalue weighted by atomic mass is 16.7. The lowest BCUT2D eigenvalue weighted by atomic mass is 9.94. The van der Waals surface area contributed by atoms with E-state index in [-0.39, 0.29) is 37.1 Å². The minimum absolute atomic E-state index is 0.00884. The Balaban J connectivity index is 1.54. The molecule has 1 aliphatic rings. The number of fused-ring (bicyclic) bond motifs is 1. The zero-order valence-electron chi connectivity index (χ0n) is 20.5. The summed E-state index contributed by atoms with van der Waals surface area (Å²) in [6.45, 7) is 6.72. The Morgan fingerprint density at radius 3 is 2.40 bits per heavy atom. The lowest BCUT2D eigenvalue weighted by Crippen LogP contribution is -2.47. The van der Waals surface area contributed by atoms with Gasteiger partial charge in [0.2, 0.25) is 18.6 Å². The van der Waals surface area contributed by atoms with E-state index >= 15 is 0 Å². The van der Waals surface area contributed by atoms with E-state index in [9.17, 15) is 9.59 Å². The quantitative estimate of drug-likeness (QED) is 0.413. The summed E-state index contributed by atoms with van der Waals surface area (Å²) in [6.07, 6.45) is 2.25. The van der Waals surface area contributed by atoms with Crippen molar-refractivity contribution >= 4 is 11.8 Å². The van der Waals surface area contributed by atoms with E-state index in [1.165, 1.54) is 0 Å². The van der Waals surface area contributed by atoms with Crippen LogP contribution in [0.15, 0.2) is 71.3 Å². The summed E-state index contributed by atoms with van der Waals surface area (Å²) in [5.41, 5.74) is 1.87. The van der Waals surface area contributed by atoms with Gasteiger partial charge in [-0.15, -0.1) is 0 Å². The van der Waals surface area contributed by atoms with Gasteiger partial charge in [-0.25, -0.2) is 0 Å². The molecular formula is C28H32N2O5. The van der Waals surface area contributed by atoms with Crippen molar-refractivity contribution in [1.29, 1.82) is 0 Å². The SMILES string of the molecule is CCC(C(=O)N(CC(=O)N(Cc1ccc2c(c1)OCO2)Cc1ccco1)C(C)C)c1ccccc1. The number of ether oxygens (including phenoxy) is 2. The first kappa shape index (κ1) is 24.4. The number of benzene rings is 2. The molecule has 0 aliphatic carbocycles. The second-order valence-corrected chi connectivity index (χ2v) is 8.95. The van der Waals surface area contributed by atoms with Crippen LogP contribution >= 0.6 is 0 Å². The summed E-state index contributed by atoms with van der Waals surface area (Å²) in [5.74, 6) is 1.56. The largest absolute Gasteiger partial charge is 0.467 e. The van der Waals surface area contributed by atoms with E-state index in [1.54, 1.807) is 22.1 Å². The van der Waals surface area contributed by atoms with Crippen LogP contribution in [0.25, 0.3) is 0 Å². The van der Waals surface area contributed by atoms with Crippen LogP contribution in [0.5, 0.6) is 11.5 Å². The highest BCUT2D eigenvalue weighted by Crippen LogP contribution is 2.33. The van der Waals surface area contributed by atoms with Gasteiger partial charge in [-0.05, 0) is 55.7 Å². The molecule has 0 saturated carbocycles. The third kappa shape index (κ3) is 5.85. The number of furan rings is 1. The zero-order valence-corrected chi connectivity index (χ0v) is 20.5. The van der Waals surface area contributed by atoms with Gasteiger partial charge >= 0.3 is 0 Å². The van der Waals surface area contributed by atoms with Gasteiger partial charge in [-0.1, -0.05) is 43.3 Å². The Labute approximate surface area is 206 Å². The van der Waals surface area contributed by atoms with Crippen molar-refractivity contribution in [2.75, 3.05) is 13.3 Å². The van der Waals surface area contributed by atoms with Crippen molar-refractivity contribution in [2.45, 2.75) is 52.2 Å². The molecular weight excluding hydrogens is 444 g/mol. The first-order chi connectivity index (χ1) is 17.0. The van der Waals surface area contributed by atoms with E-state index < -0.39 is 0 Å². The first-order valence-corrected chi connectivity index (χ1v) is 12.0. The van der Waals surface area contributed by atoms with Gasteiger partial charge in [-0.3, -0.25) is 9.59 Å². The average Bonchev–Trinajstić information content (AvgIpc) is 3.54. The lowest BCUT2D eigenvalue weighted by molar-refractivity contribution is -0.143. The minimum Gasteiger partial charge on any atom is -0.467 e. The molecule has 7 nitrogen and oxygen atoms in total. The average molecular weight is 477 g/mol. The molecule has 2 heterocycles. The van der Waals surface area contributed by atoms with Crippen LogP contribution in [0.1, 0.15) is 50.0 Å². The highest BCUT2D eigenvalue weighted by Gasteiger charge is 2.29. The number of rotatable bonds is 10. The van der Waals surface area contributed by atoms with Crippen molar-refractivity contribution in [3.05, 3.63) is 83.8 Å². The number of carbonyl (C=O) groups is 2. The Kier molecular flexibility index (Phi) is 7.75. The van der Waals surface area contributed by atoms with Gasteiger partial charge in [0, 0.05) is 12.6 Å². The Morgan fingerprint density at radius 2 is 1.71 bits per heavy atom. The molecule has 1 unspecified atom stereocenters. The van der Waals surface area contributed by atoms with Crippen LogP contribution in [0.2, 0.25) is 0 Å². The molecule has 2 aromatic carbocycles. The molecule has 4 rings (SSSR count). The van der Waals surface area contributed by atoms with E-state index in [0.717, 1.165) is 11.1 Å². The normalized spacial score (nSPS) is 13.0. The summed E-state index contributed by atoms with van der Waals surface area (Å²) in [4.78, 5) is 30.6. The maximum absolute atomic E-state index is 13.6. The summed E-state index contributed by atoms with van der Waals surface area (Å²) in [7, 11) is 0. The van der Waals surface area contributed by atoms with E-state index in [0.29, 0.717) is 36.8 Å². The van der Waals surface area contributed by atoms with Crippen LogP contribution in [0, 0.1) is 0 Å². The fourth-order valence-electron chi connectivity index (χ4n) is 4.28. The topological polar surface area (TPSA) is 72.2 Å². The predicted octanol–water partition coefficient (Wildman–Crippen LogP) is 4.97. The Morgan fingerprint density at radius 1 is 0.943 bits per heavy atom. The van der Waals surface area contributed by atoms with Crippen molar-refractivity contribution in [2.24, 2.45) is 0 Å². The molecule has 35 heavy (non-hydrogen) atoms. The summed E-state index contributed by atoms with van der Waals surface area (Å²) < 4.78 is 16.4. The number of hydrogen-bond acceptors (Lipinski definition) is 5. The van der Waals surface area contributed by atoms with Gasteiger partial charge in [0.1, 0.15) is 12.3 Å². The zero-order chi connectivity index (χ0) is 24.8. The van der Waals surface area contributed by atoms with Crippen molar-refractivity contribution in [3.8, 4) is 11.5 Å². The fraction of sp³-hybridized carbons (Fsp3) is 0.357. The summed E-state index contributed by atoms with van der Waals surface area (Å²) in [5, 5.41) is 0. The van der Waals surface area contributed by atoms with Gasteiger partial charge < -0.3 is 23.7 Å². The van der Waals surface area contributed by atoms with Crippen molar-refractivity contribution in [3.63, 3.8) is 0 Å². The fourth-order valence-corrected chi connectivity index (χ4v) is 4.28. The number of hydrogen-bond donors (Lipinski definition) is 0. The van der Waals surface area contributed by atoms with E-state index in [1.807, 2.05) is 75.4 Å². The molecule has 3 aromatic rings. The third-order valence-corrected chi connectivity index (χ3v) is 6.21. The van der Waals surface area contributed by atoms with Crippen LogP contribution in [0.4, 0.5) is 0 Å². The molecule has 0 saturated heterocycles. The van der Waals surface area contributed by atoms with Gasteiger partial charge in [0.15, 0.2) is 11.5 Å². The van der Waals surface area contributed by atoms with Crippen LogP contribution < -0.4 is 9.47 Å². The predicted molar refractivity (Wildman–Crippen MR) is 132 cm³/mol. The maximum Gasteiger partial charge on any atom is 0.242 e. The smallest absolute Gasteiger partial charge is 0.242 e. The van der Waals surface area contributed by atoms with Crippen molar-refractivity contribution in [1.82, 2.24) is 9.80 Å². The summed E-state index contributed by atoms with van der Waals surface area (Å²) >= 11 is 0. The van der Waals surface area contributed by atoms with Crippen LogP contribution in [-0.2, 0) is 22.7 Å². The number of amides is 2. The Bertz CT molecular complexity index is 1130. The highest BCUT2D eigenvalue weighted by molar-refractivity contribution is 5.88. The minimum atomic E-state index is -0.293. The molecule has 0 N–H and O–H groups in total. The van der Waals surface area contributed by atoms with Crippen molar-refractivity contribution < 1.29 is 23.5 Å². The third-order valence-electron chi connectivity index (χ3n) is 6.21. The molecule has 0 spiro atoms. The van der Waals surface area contributed by atoms with Gasteiger partial charge in [0.05, 0.1) is 18.7 Å². The van der Waals surface area contributed by atoms with Gasteiger partial charge in [0.25, 0.3) is 0 Å². The second kappa shape index (κ2) is 11.1. The van der Waals surface area contributed by atoms with Crippen LogP contribution in [-0.4, -0.2) is 41.0 Å². The summed E-state index contributed by atoms with van der Waals surface area (Å²) in [6, 6.07) is 18.9.